The Labute approximate surface area is 160 Å². The van der Waals surface area contributed by atoms with Crippen LogP contribution in [0.2, 0.25) is 5.02 Å². The maximum absolute atomic E-state index is 13.4. The van der Waals surface area contributed by atoms with Gasteiger partial charge in [0.15, 0.2) is 0 Å². The van der Waals surface area contributed by atoms with Crippen molar-refractivity contribution in [2.24, 2.45) is 11.3 Å². The molecule has 138 valence electrons. The van der Waals surface area contributed by atoms with Crippen LogP contribution in [0.4, 0.5) is 0 Å². The molecule has 0 radical (unpaired) electrons. The molecule has 6 heteroatoms. The van der Waals surface area contributed by atoms with Gasteiger partial charge in [-0.1, -0.05) is 36.6 Å². The molecule has 1 unspecified atom stereocenters. The Balaban J connectivity index is 0.00000182. The number of carbonyl (C=O) groups excluding carboxylic acids is 1. The average Bonchev–Trinajstić information content (AvgIpc) is 3.07. The molecule has 0 aromatic heterocycles. The molecule has 2 aliphatic heterocycles. The van der Waals surface area contributed by atoms with Crippen LogP contribution in [0.3, 0.4) is 0 Å². The number of morpholine rings is 1. The zero-order chi connectivity index (χ0) is 16.6. The molecule has 0 bridgehead atoms. The molecule has 1 amide bonds. The van der Waals surface area contributed by atoms with E-state index in [0.717, 1.165) is 30.1 Å². The molecular formula is C19H26Cl2N2O2. The topological polar surface area (TPSA) is 41.6 Å². The monoisotopic (exact) mass is 384 g/mol. The Morgan fingerprint density at radius 1 is 1.28 bits per heavy atom. The first kappa shape index (κ1) is 19.0. The van der Waals surface area contributed by atoms with E-state index in [4.69, 9.17) is 16.3 Å². The quantitative estimate of drug-likeness (QED) is 0.848. The molecule has 3 aliphatic rings. The van der Waals surface area contributed by atoms with E-state index in [2.05, 4.69) is 5.32 Å². The van der Waals surface area contributed by atoms with Gasteiger partial charge >= 0.3 is 0 Å². The van der Waals surface area contributed by atoms with Gasteiger partial charge in [-0.2, -0.15) is 0 Å². The second-order valence-electron chi connectivity index (χ2n) is 7.39. The van der Waals surface area contributed by atoms with Gasteiger partial charge in [-0.15, -0.1) is 12.4 Å². The van der Waals surface area contributed by atoms with Crippen LogP contribution in [-0.2, 0) is 9.53 Å². The van der Waals surface area contributed by atoms with Gasteiger partial charge in [-0.25, -0.2) is 0 Å². The molecule has 1 aliphatic carbocycles. The van der Waals surface area contributed by atoms with E-state index in [9.17, 15) is 4.79 Å². The molecule has 0 spiro atoms. The fourth-order valence-electron chi connectivity index (χ4n) is 4.70. The number of ether oxygens (including phenoxy) is 1. The van der Waals surface area contributed by atoms with Crippen molar-refractivity contribution in [1.82, 2.24) is 10.2 Å². The Morgan fingerprint density at radius 2 is 2.08 bits per heavy atom. The fraction of sp³-hybridized carbons (Fsp3) is 0.632. The van der Waals surface area contributed by atoms with Crippen LogP contribution in [0, 0.1) is 11.3 Å². The summed E-state index contributed by atoms with van der Waals surface area (Å²) in [7, 11) is 0. The third-order valence-corrected chi connectivity index (χ3v) is 6.31. The molecule has 3 atom stereocenters. The number of benzene rings is 1. The lowest BCUT2D eigenvalue weighted by molar-refractivity contribution is -0.153. The highest BCUT2D eigenvalue weighted by atomic mass is 35.5. The lowest BCUT2D eigenvalue weighted by Gasteiger charge is -2.43. The summed E-state index contributed by atoms with van der Waals surface area (Å²) in [6, 6.07) is 7.77. The summed E-state index contributed by atoms with van der Waals surface area (Å²) < 4.78 is 5.93. The van der Waals surface area contributed by atoms with Crippen molar-refractivity contribution in [2.75, 3.05) is 32.8 Å². The number of carbonyl (C=O) groups is 1. The first-order valence-corrected chi connectivity index (χ1v) is 9.44. The molecule has 2 saturated heterocycles. The molecule has 4 nitrogen and oxygen atoms in total. The highest BCUT2D eigenvalue weighted by molar-refractivity contribution is 6.30. The minimum Gasteiger partial charge on any atom is -0.370 e. The zero-order valence-electron chi connectivity index (χ0n) is 14.4. The van der Waals surface area contributed by atoms with Crippen molar-refractivity contribution in [3.8, 4) is 0 Å². The predicted octanol–water partition coefficient (Wildman–Crippen LogP) is 3.44. The summed E-state index contributed by atoms with van der Waals surface area (Å²) in [5.74, 6) is 0.857. The first-order chi connectivity index (χ1) is 11.7. The number of nitrogens with zero attached hydrogens (tertiary/aromatic N) is 1. The van der Waals surface area contributed by atoms with E-state index in [1.807, 2.05) is 29.2 Å². The minimum atomic E-state index is -0.167. The normalized spacial score (nSPS) is 32.0. The van der Waals surface area contributed by atoms with Crippen molar-refractivity contribution in [3.05, 3.63) is 34.9 Å². The van der Waals surface area contributed by atoms with Gasteiger partial charge in [-0.05, 0) is 43.0 Å². The summed E-state index contributed by atoms with van der Waals surface area (Å²) in [6.07, 6.45) is 4.61. The van der Waals surface area contributed by atoms with E-state index in [0.29, 0.717) is 31.5 Å². The zero-order valence-corrected chi connectivity index (χ0v) is 16.0. The van der Waals surface area contributed by atoms with Crippen LogP contribution in [0.5, 0.6) is 0 Å². The molecule has 1 aromatic rings. The van der Waals surface area contributed by atoms with Gasteiger partial charge in [-0.3, -0.25) is 4.79 Å². The standard InChI is InChI=1S/C19H25ClN2O2.ClH/c20-16-6-4-14(5-7-16)17-12-22(9-10-24-17)18(23)19-8-2-1-3-15(19)11-21-13-19;/h4-7,15,17,21H,1-3,8-13H2;1H/t15-,17?,19+;/m0./s1. The SMILES string of the molecule is Cl.O=C(N1CCOC(c2ccc(Cl)cc2)C1)[C@@]12CCCC[C@H]1CNC2. The molecule has 4 rings (SSSR count). The molecule has 1 saturated carbocycles. The molecule has 2 heterocycles. The van der Waals surface area contributed by atoms with Gasteiger partial charge in [0, 0.05) is 18.1 Å². The van der Waals surface area contributed by atoms with Gasteiger partial charge in [0.05, 0.1) is 18.6 Å². The van der Waals surface area contributed by atoms with Crippen LogP contribution >= 0.6 is 24.0 Å². The lowest BCUT2D eigenvalue weighted by atomic mass is 9.67. The smallest absolute Gasteiger partial charge is 0.230 e. The minimum absolute atomic E-state index is 0. The van der Waals surface area contributed by atoms with E-state index in [-0.39, 0.29) is 23.9 Å². The summed E-state index contributed by atoms with van der Waals surface area (Å²) in [4.78, 5) is 15.4. The number of halogens is 2. The second kappa shape index (κ2) is 7.83. The van der Waals surface area contributed by atoms with Gasteiger partial charge in [0.1, 0.15) is 6.10 Å². The van der Waals surface area contributed by atoms with Crippen molar-refractivity contribution >= 4 is 29.9 Å². The van der Waals surface area contributed by atoms with Crippen LogP contribution in [0.15, 0.2) is 24.3 Å². The lowest BCUT2D eigenvalue weighted by Crippen LogP contribution is -2.53. The Hall–Kier alpha value is -0.810. The second-order valence-corrected chi connectivity index (χ2v) is 7.83. The fourth-order valence-corrected chi connectivity index (χ4v) is 4.82. The number of hydrogen-bond donors (Lipinski definition) is 1. The van der Waals surface area contributed by atoms with E-state index < -0.39 is 0 Å². The third kappa shape index (κ3) is 3.55. The largest absolute Gasteiger partial charge is 0.370 e. The van der Waals surface area contributed by atoms with Gasteiger partial charge in [0.2, 0.25) is 5.91 Å². The molecule has 1 aromatic carbocycles. The third-order valence-electron chi connectivity index (χ3n) is 6.06. The number of hydrogen-bond acceptors (Lipinski definition) is 3. The Kier molecular flexibility index (Phi) is 5.94. The Bertz CT molecular complexity index is 610. The maximum Gasteiger partial charge on any atom is 0.230 e. The van der Waals surface area contributed by atoms with Crippen molar-refractivity contribution in [1.29, 1.82) is 0 Å². The van der Waals surface area contributed by atoms with Crippen LogP contribution in [-0.4, -0.2) is 43.6 Å². The van der Waals surface area contributed by atoms with Crippen LogP contribution in [0.1, 0.15) is 37.4 Å². The van der Waals surface area contributed by atoms with Gasteiger partial charge < -0.3 is 15.0 Å². The van der Waals surface area contributed by atoms with Crippen molar-refractivity contribution in [2.45, 2.75) is 31.8 Å². The van der Waals surface area contributed by atoms with Crippen molar-refractivity contribution in [3.63, 3.8) is 0 Å². The average molecular weight is 385 g/mol. The summed E-state index contributed by atoms with van der Waals surface area (Å²) >= 11 is 5.98. The van der Waals surface area contributed by atoms with Gasteiger partial charge in [0.25, 0.3) is 0 Å². The van der Waals surface area contributed by atoms with E-state index in [1.54, 1.807) is 0 Å². The summed E-state index contributed by atoms with van der Waals surface area (Å²) in [5, 5.41) is 4.21. The maximum atomic E-state index is 13.4. The predicted molar refractivity (Wildman–Crippen MR) is 101 cm³/mol. The van der Waals surface area contributed by atoms with Crippen LogP contribution in [0.25, 0.3) is 0 Å². The number of rotatable bonds is 2. The van der Waals surface area contributed by atoms with Crippen molar-refractivity contribution < 1.29 is 9.53 Å². The molecule has 1 N–H and O–H groups in total. The van der Waals surface area contributed by atoms with Crippen LogP contribution < -0.4 is 5.32 Å². The molecular weight excluding hydrogens is 359 g/mol. The molecule has 25 heavy (non-hydrogen) atoms. The highest BCUT2D eigenvalue weighted by Gasteiger charge is 2.51. The number of fused-ring (bicyclic) bond motifs is 1. The molecule has 3 fully saturated rings. The summed E-state index contributed by atoms with van der Waals surface area (Å²) in [6.45, 7) is 3.80. The van der Waals surface area contributed by atoms with E-state index >= 15 is 0 Å². The summed E-state index contributed by atoms with van der Waals surface area (Å²) in [5.41, 5.74) is 0.930. The van der Waals surface area contributed by atoms with E-state index in [1.165, 1.54) is 19.3 Å². The first-order valence-electron chi connectivity index (χ1n) is 9.06. The number of amides is 1. The number of nitrogens with one attached hydrogen (secondary N) is 1. The Morgan fingerprint density at radius 3 is 2.88 bits per heavy atom. The highest BCUT2D eigenvalue weighted by Crippen LogP contribution is 2.45.